The highest BCUT2D eigenvalue weighted by Crippen LogP contribution is 2.27. The van der Waals surface area contributed by atoms with Gasteiger partial charge >= 0.3 is 0 Å². The molecule has 0 fully saturated rings. The van der Waals surface area contributed by atoms with Crippen LogP contribution in [-0.2, 0) is 6.54 Å². The summed E-state index contributed by atoms with van der Waals surface area (Å²) >= 11 is 6.06. The fraction of sp³-hybridized carbons (Fsp3) is 0.222. The van der Waals surface area contributed by atoms with Crippen LogP contribution >= 0.6 is 11.6 Å². The minimum absolute atomic E-state index is 0.555. The Hall–Kier alpha value is -1.62. The first kappa shape index (κ1) is 9.92. The van der Waals surface area contributed by atoms with E-state index in [0.717, 1.165) is 5.56 Å². The molecule has 2 N–H and O–H groups in total. The number of nitrogens with zero attached hydrogens (tertiary/aromatic N) is 4. The fourth-order valence-electron chi connectivity index (χ4n) is 1.32. The van der Waals surface area contributed by atoms with Gasteiger partial charge in [-0.1, -0.05) is 11.6 Å². The summed E-state index contributed by atoms with van der Waals surface area (Å²) in [5.41, 5.74) is 7.02. The van der Waals surface area contributed by atoms with Crippen molar-refractivity contribution in [3.8, 4) is 11.4 Å². The van der Waals surface area contributed by atoms with Crippen LogP contribution in [0.1, 0.15) is 6.92 Å². The Labute approximate surface area is 91.8 Å². The predicted molar refractivity (Wildman–Crippen MR) is 58.3 cm³/mol. The number of hydrogen-bond donors (Lipinski definition) is 1. The van der Waals surface area contributed by atoms with Gasteiger partial charge < -0.3 is 5.73 Å². The molecule has 15 heavy (non-hydrogen) atoms. The molecule has 2 rings (SSSR count). The van der Waals surface area contributed by atoms with E-state index in [1.54, 1.807) is 16.8 Å². The van der Waals surface area contributed by atoms with Gasteiger partial charge in [0.2, 0.25) is 0 Å². The Morgan fingerprint density at radius 3 is 2.93 bits per heavy atom. The summed E-state index contributed by atoms with van der Waals surface area (Å²) in [6.45, 7) is 2.66. The first-order valence-electron chi connectivity index (χ1n) is 4.54. The molecule has 0 bridgehead atoms. The van der Waals surface area contributed by atoms with E-state index in [0.29, 0.717) is 23.1 Å². The van der Waals surface area contributed by atoms with E-state index in [2.05, 4.69) is 15.5 Å². The highest BCUT2D eigenvalue weighted by Gasteiger charge is 2.11. The smallest absolute Gasteiger partial charge is 0.183 e. The molecule has 1 heterocycles. The monoisotopic (exact) mass is 223 g/mol. The molecule has 0 spiro atoms. The number of tetrazole rings is 1. The molecular formula is C9H10ClN5. The minimum atomic E-state index is 0.555. The van der Waals surface area contributed by atoms with E-state index < -0.39 is 0 Å². The number of halogens is 1. The normalized spacial score (nSPS) is 10.5. The molecule has 1 aromatic carbocycles. The lowest BCUT2D eigenvalue weighted by atomic mass is 10.2. The van der Waals surface area contributed by atoms with Crippen LogP contribution in [0.4, 0.5) is 5.69 Å². The van der Waals surface area contributed by atoms with Gasteiger partial charge in [-0.05, 0) is 35.5 Å². The molecule has 0 saturated carbocycles. The van der Waals surface area contributed by atoms with Crippen LogP contribution in [-0.4, -0.2) is 20.2 Å². The van der Waals surface area contributed by atoms with Crippen LogP contribution in [0.3, 0.4) is 0 Å². The quantitative estimate of drug-likeness (QED) is 0.785. The van der Waals surface area contributed by atoms with Crippen LogP contribution in [0, 0.1) is 0 Å². The lowest BCUT2D eigenvalue weighted by Crippen LogP contribution is -2.00. The number of hydrogen-bond acceptors (Lipinski definition) is 4. The molecule has 1 aromatic heterocycles. The summed E-state index contributed by atoms with van der Waals surface area (Å²) in [5, 5.41) is 11.9. The topological polar surface area (TPSA) is 69.6 Å². The molecule has 2 aromatic rings. The lowest BCUT2D eigenvalue weighted by molar-refractivity contribution is 0.631. The number of benzene rings is 1. The third-order valence-corrected chi connectivity index (χ3v) is 2.38. The van der Waals surface area contributed by atoms with E-state index in [4.69, 9.17) is 17.3 Å². The molecule has 6 heteroatoms. The molecule has 0 unspecified atom stereocenters. The molecule has 0 radical (unpaired) electrons. The van der Waals surface area contributed by atoms with Crippen molar-refractivity contribution in [1.29, 1.82) is 0 Å². The zero-order valence-electron chi connectivity index (χ0n) is 8.18. The van der Waals surface area contributed by atoms with Crippen molar-refractivity contribution in [2.75, 3.05) is 5.73 Å². The Balaban J connectivity index is 2.54. The van der Waals surface area contributed by atoms with Gasteiger partial charge in [0.15, 0.2) is 5.82 Å². The summed E-state index contributed by atoms with van der Waals surface area (Å²) in [7, 11) is 0. The maximum atomic E-state index is 6.06. The van der Waals surface area contributed by atoms with Crippen molar-refractivity contribution in [2.45, 2.75) is 13.5 Å². The van der Waals surface area contributed by atoms with Gasteiger partial charge in [0.05, 0.1) is 5.02 Å². The summed E-state index contributed by atoms with van der Waals surface area (Å²) in [6.07, 6.45) is 0. The first-order chi connectivity index (χ1) is 7.22. The summed E-state index contributed by atoms with van der Waals surface area (Å²) < 4.78 is 1.68. The maximum Gasteiger partial charge on any atom is 0.183 e. The number of aryl methyl sites for hydroxylation is 1. The maximum absolute atomic E-state index is 6.06. The van der Waals surface area contributed by atoms with Crippen LogP contribution in [0.2, 0.25) is 5.02 Å². The van der Waals surface area contributed by atoms with Gasteiger partial charge in [-0.15, -0.1) is 5.10 Å². The average Bonchev–Trinajstić information content (AvgIpc) is 2.65. The van der Waals surface area contributed by atoms with Crippen molar-refractivity contribution in [3.05, 3.63) is 23.2 Å². The molecule has 0 atom stereocenters. The molecule has 0 amide bonds. The standard InChI is InChI=1S/C9H10ClN5/c1-2-15-9(12-13-14-15)7-4-3-6(11)5-8(7)10/h3-5H,2,11H2,1H3. The van der Waals surface area contributed by atoms with Gasteiger partial charge in [0.25, 0.3) is 0 Å². The Morgan fingerprint density at radius 2 is 2.27 bits per heavy atom. The van der Waals surface area contributed by atoms with Crippen molar-refractivity contribution in [2.24, 2.45) is 0 Å². The Kier molecular flexibility index (Phi) is 2.55. The zero-order valence-corrected chi connectivity index (χ0v) is 8.94. The second-order valence-corrected chi connectivity index (χ2v) is 3.46. The molecule has 0 aliphatic heterocycles. The molecule has 5 nitrogen and oxygen atoms in total. The third-order valence-electron chi connectivity index (χ3n) is 2.07. The van der Waals surface area contributed by atoms with Crippen LogP contribution in [0.25, 0.3) is 11.4 Å². The van der Waals surface area contributed by atoms with Crippen molar-refractivity contribution >= 4 is 17.3 Å². The Morgan fingerprint density at radius 1 is 1.47 bits per heavy atom. The number of anilines is 1. The summed E-state index contributed by atoms with van der Waals surface area (Å²) in [6, 6.07) is 5.27. The summed E-state index contributed by atoms with van der Waals surface area (Å²) in [5.74, 6) is 0.655. The third kappa shape index (κ3) is 1.78. The lowest BCUT2D eigenvalue weighted by Gasteiger charge is -2.04. The van der Waals surface area contributed by atoms with E-state index >= 15 is 0 Å². The second kappa shape index (κ2) is 3.86. The predicted octanol–water partition coefficient (Wildman–Crippen LogP) is 1.60. The number of rotatable bonds is 2. The van der Waals surface area contributed by atoms with Crippen LogP contribution < -0.4 is 5.73 Å². The average molecular weight is 224 g/mol. The molecule has 0 aliphatic rings. The minimum Gasteiger partial charge on any atom is -0.399 e. The molecule has 0 saturated heterocycles. The van der Waals surface area contributed by atoms with Gasteiger partial charge in [-0.2, -0.15) is 0 Å². The van der Waals surface area contributed by atoms with Crippen molar-refractivity contribution < 1.29 is 0 Å². The fourth-order valence-corrected chi connectivity index (χ4v) is 1.60. The van der Waals surface area contributed by atoms with Gasteiger partial charge in [0.1, 0.15) is 0 Å². The first-order valence-corrected chi connectivity index (χ1v) is 4.91. The SMILES string of the molecule is CCn1nnnc1-c1ccc(N)cc1Cl. The van der Waals surface area contributed by atoms with Crippen LogP contribution in [0.5, 0.6) is 0 Å². The number of nitrogens with two attached hydrogens (primary N) is 1. The molecule has 78 valence electrons. The van der Waals surface area contributed by atoms with E-state index in [1.807, 2.05) is 13.0 Å². The van der Waals surface area contributed by atoms with Gasteiger partial charge in [0, 0.05) is 17.8 Å². The molecular weight excluding hydrogens is 214 g/mol. The van der Waals surface area contributed by atoms with E-state index in [-0.39, 0.29) is 0 Å². The largest absolute Gasteiger partial charge is 0.399 e. The highest BCUT2D eigenvalue weighted by atomic mass is 35.5. The zero-order chi connectivity index (χ0) is 10.8. The van der Waals surface area contributed by atoms with Crippen molar-refractivity contribution in [3.63, 3.8) is 0 Å². The van der Waals surface area contributed by atoms with Crippen LogP contribution in [0.15, 0.2) is 18.2 Å². The highest BCUT2D eigenvalue weighted by molar-refractivity contribution is 6.33. The molecule has 0 aliphatic carbocycles. The Bertz CT molecular complexity index is 479. The van der Waals surface area contributed by atoms with Gasteiger partial charge in [-0.3, -0.25) is 0 Å². The van der Waals surface area contributed by atoms with Crippen molar-refractivity contribution in [1.82, 2.24) is 20.2 Å². The summed E-state index contributed by atoms with van der Waals surface area (Å²) in [4.78, 5) is 0. The van der Waals surface area contributed by atoms with Gasteiger partial charge in [-0.25, -0.2) is 4.68 Å². The number of nitrogen functional groups attached to an aromatic ring is 1. The second-order valence-electron chi connectivity index (χ2n) is 3.06. The number of aromatic nitrogens is 4. The van der Waals surface area contributed by atoms with E-state index in [9.17, 15) is 0 Å². The van der Waals surface area contributed by atoms with E-state index in [1.165, 1.54) is 0 Å².